The Labute approximate surface area is 158 Å². The molecule has 4 aromatic rings. The number of nitrogens with one attached hydrogen (secondary N) is 1. The maximum Gasteiger partial charge on any atom is 0.338 e. The third kappa shape index (κ3) is 3.12. The van der Waals surface area contributed by atoms with E-state index >= 15 is 0 Å². The number of carboxylic acid groups (broad SMARTS) is 1. The zero-order chi connectivity index (χ0) is 19.1. The number of carbonyl (C=O) groups is 1. The number of carboxylic acids is 1. The summed E-state index contributed by atoms with van der Waals surface area (Å²) in [5, 5.41) is 17.0. The molecule has 0 fully saturated rings. The van der Waals surface area contributed by atoms with Crippen molar-refractivity contribution >= 4 is 32.9 Å². The number of aromatic amines is 1. The molecule has 3 aromatic heterocycles. The van der Waals surface area contributed by atoms with Gasteiger partial charge in [0.05, 0.1) is 29.0 Å². The molecule has 3 heterocycles. The molecular weight excluding hydrogens is 423 g/mol. The highest BCUT2D eigenvalue weighted by Crippen LogP contribution is 2.18. The molecule has 11 heteroatoms. The van der Waals surface area contributed by atoms with Crippen LogP contribution in [0.15, 0.2) is 46.1 Å². The van der Waals surface area contributed by atoms with Crippen LogP contribution in [0.1, 0.15) is 15.9 Å². The van der Waals surface area contributed by atoms with Crippen LogP contribution < -0.4 is 5.56 Å². The van der Waals surface area contributed by atoms with E-state index in [1.165, 1.54) is 27.8 Å². The van der Waals surface area contributed by atoms with E-state index in [0.29, 0.717) is 9.99 Å². The summed E-state index contributed by atoms with van der Waals surface area (Å²) in [5.41, 5.74) is 0.818. The molecule has 27 heavy (non-hydrogen) atoms. The smallest absolute Gasteiger partial charge is 0.338 e. The standard InChI is InChI=1S/C16H10BrFN6O3/c17-10-3-8(1-2-11(10)18)6-23-13-12(5-20-23)21-16(22-14(13)25)24-7-9(4-19-24)15(26)27/h1-5,7H,6H2,(H,26,27)(H,21,22,25). The minimum Gasteiger partial charge on any atom is -0.478 e. The molecule has 0 radical (unpaired) electrons. The zero-order valence-corrected chi connectivity index (χ0v) is 15.0. The molecule has 0 saturated heterocycles. The quantitative estimate of drug-likeness (QED) is 0.508. The van der Waals surface area contributed by atoms with Crippen LogP contribution in [-0.2, 0) is 6.54 Å². The summed E-state index contributed by atoms with van der Waals surface area (Å²) >= 11 is 3.13. The van der Waals surface area contributed by atoms with Crippen LogP contribution in [0.4, 0.5) is 4.39 Å². The summed E-state index contributed by atoms with van der Waals surface area (Å²) in [6.45, 7) is 0.247. The van der Waals surface area contributed by atoms with Gasteiger partial charge < -0.3 is 5.11 Å². The number of rotatable bonds is 4. The van der Waals surface area contributed by atoms with Gasteiger partial charge in [0, 0.05) is 6.20 Å². The molecule has 0 aliphatic heterocycles. The first kappa shape index (κ1) is 17.1. The van der Waals surface area contributed by atoms with Crippen molar-refractivity contribution in [3.63, 3.8) is 0 Å². The Kier molecular flexibility index (Phi) is 4.07. The fourth-order valence-electron chi connectivity index (χ4n) is 2.58. The second kappa shape index (κ2) is 6.43. The van der Waals surface area contributed by atoms with Crippen LogP contribution in [-0.4, -0.2) is 40.6 Å². The molecule has 0 amide bonds. The molecule has 0 spiro atoms. The Balaban J connectivity index is 1.74. The van der Waals surface area contributed by atoms with Gasteiger partial charge in [0.25, 0.3) is 5.56 Å². The molecule has 136 valence electrons. The minimum atomic E-state index is -1.14. The number of hydrogen-bond acceptors (Lipinski definition) is 5. The van der Waals surface area contributed by atoms with Crippen LogP contribution in [0.5, 0.6) is 0 Å². The van der Waals surface area contributed by atoms with Gasteiger partial charge in [-0.1, -0.05) is 6.07 Å². The molecule has 0 atom stereocenters. The van der Waals surface area contributed by atoms with E-state index in [0.717, 1.165) is 11.8 Å². The SMILES string of the molecule is O=C(O)c1cnn(-c2nc3cnn(Cc4ccc(F)c(Br)c4)c3c(=O)[nH]2)c1. The average molecular weight is 433 g/mol. The number of aromatic carboxylic acids is 1. The van der Waals surface area contributed by atoms with E-state index in [2.05, 4.69) is 36.1 Å². The van der Waals surface area contributed by atoms with E-state index in [4.69, 9.17) is 5.11 Å². The van der Waals surface area contributed by atoms with Crippen molar-refractivity contribution in [1.29, 1.82) is 0 Å². The van der Waals surface area contributed by atoms with Crippen molar-refractivity contribution in [2.75, 3.05) is 0 Å². The molecule has 2 N–H and O–H groups in total. The average Bonchev–Trinajstić information content (AvgIpc) is 3.26. The summed E-state index contributed by atoms with van der Waals surface area (Å²) in [7, 11) is 0. The summed E-state index contributed by atoms with van der Waals surface area (Å²) in [6, 6.07) is 4.53. The predicted molar refractivity (Wildman–Crippen MR) is 95.4 cm³/mol. The monoisotopic (exact) mass is 432 g/mol. The molecule has 0 unspecified atom stereocenters. The van der Waals surface area contributed by atoms with E-state index in [1.807, 2.05) is 0 Å². The van der Waals surface area contributed by atoms with Crippen LogP contribution in [0.25, 0.3) is 17.0 Å². The number of hydrogen-bond donors (Lipinski definition) is 2. The van der Waals surface area contributed by atoms with E-state index in [9.17, 15) is 14.0 Å². The number of nitrogens with zero attached hydrogens (tertiary/aromatic N) is 5. The molecule has 0 aliphatic rings. The highest BCUT2D eigenvalue weighted by Gasteiger charge is 2.14. The predicted octanol–water partition coefficient (Wildman–Crippen LogP) is 1.95. The molecule has 4 rings (SSSR count). The van der Waals surface area contributed by atoms with Gasteiger partial charge in [-0.2, -0.15) is 10.2 Å². The van der Waals surface area contributed by atoms with Crippen molar-refractivity contribution < 1.29 is 14.3 Å². The Morgan fingerprint density at radius 1 is 1.30 bits per heavy atom. The molecule has 9 nitrogen and oxygen atoms in total. The van der Waals surface area contributed by atoms with Crippen LogP contribution in [0, 0.1) is 5.82 Å². The Morgan fingerprint density at radius 2 is 2.11 bits per heavy atom. The van der Waals surface area contributed by atoms with E-state index in [-0.39, 0.29) is 29.4 Å². The molecule has 0 bridgehead atoms. The largest absolute Gasteiger partial charge is 0.478 e. The van der Waals surface area contributed by atoms with Crippen molar-refractivity contribution in [1.82, 2.24) is 29.5 Å². The summed E-state index contributed by atoms with van der Waals surface area (Å²) in [6.07, 6.45) is 3.82. The first-order valence-electron chi connectivity index (χ1n) is 7.60. The normalized spacial score (nSPS) is 11.2. The van der Waals surface area contributed by atoms with Gasteiger partial charge in [-0.25, -0.2) is 18.9 Å². The molecule has 0 saturated carbocycles. The Hall–Kier alpha value is -3.34. The van der Waals surface area contributed by atoms with Gasteiger partial charge in [-0.15, -0.1) is 0 Å². The number of benzene rings is 1. The van der Waals surface area contributed by atoms with Crippen LogP contribution in [0.2, 0.25) is 0 Å². The molecule has 0 aliphatic carbocycles. The van der Waals surface area contributed by atoms with Gasteiger partial charge in [0.15, 0.2) is 5.52 Å². The fraction of sp³-hybridized carbons (Fsp3) is 0.0625. The van der Waals surface area contributed by atoms with Crippen molar-refractivity contribution in [2.24, 2.45) is 0 Å². The van der Waals surface area contributed by atoms with E-state index < -0.39 is 11.5 Å². The van der Waals surface area contributed by atoms with Gasteiger partial charge in [0.2, 0.25) is 5.95 Å². The molecular formula is C16H10BrFN6O3. The van der Waals surface area contributed by atoms with Gasteiger partial charge in [-0.05, 0) is 33.6 Å². The zero-order valence-electron chi connectivity index (χ0n) is 13.4. The summed E-state index contributed by atoms with van der Waals surface area (Å²) in [4.78, 5) is 30.3. The molecule has 1 aromatic carbocycles. The van der Waals surface area contributed by atoms with Crippen molar-refractivity contribution in [3.05, 3.63) is 68.6 Å². The third-order valence-electron chi connectivity index (χ3n) is 3.85. The first-order chi connectivity index (χ1) is 12.9. The summed E-state index contributed by atoms with van der Waals surface area (Å²) < 4.78 is 16.3. The van der Waals surface area contributed by atoms with Gasteiger partial charge in [-0.3, -0.25) is 14.5 Å². The van der Waals surface area contributed by atoms with Gasteiger partial charge >= 0.3 is 5.97 Å². The lowest BCUT2D eigenvalue weighted by molar-refractivity contribution is 0.0697. The lowest BCUT2D eigenvalue weighted by Gasteiger charge is -2.05. The number of fused-ring (bicyclic) bond motifs is 1. The number of halogens is 2. The second-order valence-electron chi connectivity index (χ2n) is 5.65. The number of aromatic nitrogens is 6. The highest BCUT2D eigenvalue weighted by molar-refractivity contribution is 9.10. The summed E-state index contributed by atoms with van der Waals surface area (Å²) in [5.74, 6) is -1.44. The minimum absolute atomic E-state index is 0.0321. The third-order valence-corrected chi connectivity index (χ3v) is 4.46. The lowest BCUT2D eigenvalue weighted by atomic mass is 10.2. The van der Waals surface area contributed by atoms with Crippen LogP contribution in [0.3, 0.4) is 0 Å². The first-order valence-corrected chi connectivity index (χ1v) is 8.40. The topological polar surface area (TPSA) is 119 Å². The fourth-order valence-corrected chi connectivity index (χ4v) is 3.01. The maximum absolute atomic E-state index is 13.4. The van der Waals surface area contributed by atoms with Crippen molar-refractivity contribution in [3.8, 4) is 5.95 Å². The Bertz CT molecular complexity index is 1240. The van der Waals surface area contributed by atoms with Crippen LogP contribution >= 0.6 is 15.9 Å². The maximum atomic E-state index is 13.4. The highest BCUT2D eigenvalue weighted by atomic mass is 79.9. The second-order valence-corrected chi connectivity index (χ2v) is 6.51. The van der Waals surface area contributed by atoms with Gasteiger partial charge in [0.1, 0.15) is 11.3 Å². The van der Waals surface area contributed by atoms with E-state index in [1.54, 1.807) is 12.1 Å². The number of H-pyrrole nitrogens is 1. The Morgan fingerprint density at radius 3 is 2.81 bits per heavy atom. The van der Waals surface area contributed by atoms with Crippen molar-refractivity contribution in [2.45, 2.75) is 6.54 Å². The lowest BCUT2D eigenvalue weighted by Crippen LogP contribution is -2.17.